The lowest BCUT2D eigenvalue weighted by Gasteiger charge is -2.33. The maximum Gasteiger partial charge on any atom is 0.325 e. The van der Waals surface area contributed by atoms with E-state index in [1.165, 1.54) is 0 Å². The summed E-state index contributed by atoms with van der Waals surface area (Å²) >= 11 is 0. The summed E-state index contributed by atoms with van der Waals surface area (Å²) in [6.45, 7) is 4.09. The fourth-order valence-electron chi connectivity index (χ4n) is 3.17. The van der Waals surface area contributed by atoms with Gasteiger partial charge in [0.05, 0.1) is 6.61 Å². The zero-order valence-corrected chi connectivity index (χ0v) is 13.5. The number of carbonyl (C=O) groups excluding carboxylic acids is 3. The van der Waals surface area contributed by atoms with E-state index in [-0.39, 0.29) is 24.4 Å². The van der Waals surface area contributed by atoms with E-state index in [4.69, 9.17) is 4.74 Å². The average molecular weight is 311 g/mol. The number of amides is 4. The van der Waals surface area contributed by atoms with Gasteiger partial charge in [-0.25, -0.2) is 4.79 Å². The molecule has 2 aliphatic rings. The molecule has 1 saturated heterocycles. The van der Waals surface area contributed by atoms with Gasteiger partial charge in [-0.3, -0.25) is 14.5 Å². The normalized spacial score (nSPS) is 29.6. The summed E-state index contributed by atoms with van der Waals surface area (Å²) in [6, 6.07) is -0.628. The molecule has 124 valence electrons. The molecule has 0 unspecified atom stereocenters. The van der Waals surface area contributed by atoms with Gasteiger partial charge in [-0.05, 0) is 38.5 Å². The molecule has 1 spiro atoms. The van der Waals surface area contributed by atoms with Crippen LogP contribution in [0.1, 0.15) is 39.5 Å². The molecule has 1 aliphatic carbocycles. The molecule has 1 aliphatic heterocycles. The van der Waals surface area contributed by atoms with E-state index in [1.54, 1.807) is 14.0 Å². The number of carbonyl (C=O) groups is 3. The zero-order valence-electron chi connectivity index (χ0n) is 13.5. The summed E-state index contributed by atoms with van der Waals surface area (Å²) in [5.41, 5.74) is -0.790. The van der Waals surface area contributed by atoms with E-state index >= 15 is 0 Å². The van der Waals surface area contributed by atoms with E-state index in [0.29, 0.717) is 25.4 Å². The van der Waals surface area contributed by atoms with Gasteiger partial charge in [-0.2, -0.15) is 0 Å². The van der Waals surface area contributed by atoms with Crippen molar-refractivity contribution in [2.75, 3.05) is 20.3 Å². The number of ether oxygens (including phenoxy) is 1. The minimum atomic E-state index is -0.790. The standard InChI is InChI=1S/C15H25N3O4/c1-10-4-6-15(7-5-10)13(20)18(14(21)17-15)8-12(19)16-11(2)9-22-3/h10-11H,4-9H2,1-3H3,(H,16,19)(H,17,21)/t10?,11-,15?/m1/s1. The summed E-state index contributed by atoms with van der Waals surface area (Å²) < 4.78 is 4.94. The van der Waals surface area contributed by atoms with Crippen LogP contribution in [0.4, 0.5) is 4.79 Å². The van der Waals surface area contributed by atoms with Crippen LogP contribution in [0, 0.1) is 5.92 Å². The largest absolute Gasteiger partial charge is 0.383 e. The van der Waals surface area contributed by atoms with Crippen LogP contribution in [0.3, 0.4) is 0 Å². The summed E-state index contributed by atoms with van der Waals surface area (Å²) in [7, 11) is 1.55. The summed E-state index contributed by atoms with van der Waals surface area (Å²) in [5, 5.41) is 5.52. The molecule has 2 fully saturated rings. The van der Waals surface area contributed by atoms with Crippen LogP contribution in [0.15, 0.2) is 0 Å². The number of nitrogens with one attached hydrogen (secondary N) is 2. The van der Waals surface area contributed by atoms with Crippen LogP contribution in [-0.2, 0) is 14.3 Å². The highest BCUT2D eigenvalue weighted by Crippen LogP contribution is 2.36. The Balaban J connectivity index is 1.96. The SMILES string of the molecule is COC[C@@H](C)NC(=O)CN1C(=O)NC2(CCC(C)CC2)C1=O. The lowest BCUT2D eigenvalue weighted by Crippen LogP contribution is -2.50. The predicted octanol–water partition coefficient (Wildman–Crippen LogP) is 0.638. The molecule has 22 heavy (non-hydrogen) atoms. The van der Waals surface area contributed by atoms with Crippen LogP contribution in [0.2, 0.25) is 0 Å². The summed E-state index contributed by atoms with van der Waals surface area (Å²) in [4.78, 5) is 37.7. The second-order valence-electron chi connectivity index (χ2n) is 6.51. The molecule has 1 atom stereocenters. The van der Waals surface area contributed by atoms with E-state index in [1.807, 2.05) is 0 Å². The van der Waals surface area contributed by atoms with Gasteiger partial charge in [0.2, 0.25) is 5.91 Å². The Labute approximate surface area is 130 Å². The minimum absolute atomic E-state index is 0.164. The van der Waals surface area contributed by atoms with Gasteiger partial charge >= 0.3 is 6.03 Å². The van der Waals surface area contributed by atoms with Gasteiger partial charge < -0.3 is 15.4 Å². The summed E-state index contributed by atoms with van der Waals surface area (Å²) in [5.74, 6) is -0.0456. The Kier molecular flexibility index (Phi) is 5.05. The molecule has 2 N–H and O–H groups in total. The van der Waals surface area contributed by atoms with Crippen LogP contribution in [0.25, 0.3) is 0 Å². The molecule has 7 heteroatoms. The molecule has 1 heterocycles. The Morgan fingerprint density at radius 2 is 2.09 bits per heavy atom. The van der Waals surface area contributed by atoms with Crippen molar-refractivity contribution in [3.05, 3.63) is 0 Å². The van der Waals surface area contributed by atoms with E-state index in [2.05, 4.69) is 17.6 Å². The van der Waals surface area contributed by atoms with Gasteiger partial charge in [0.1, 0.15) is 12.1 Å². The van der Waals surface area contributed by atoms with Crippen molar-refractivity contribution >= 4 is 17.8 Å². The van der Waals surface area contributed by atoms with Crippen LogP contribution in [0.5, 0.6) is 0 Å². The van der Waals surface area contributed by atoms with Gasteiger partial charge in [0.25, 0.3) is 5.91 Å². The first-order chi connectivity index (χ1) is 10.4. The van der Waals surface area contributed by atoms with Gasteiger partial charge in [0.15, 0.2) is 0 Å². The second kappa shape index (κ2) is 6.64. The summed E-state index contributed by atoms with van der Waals surface area (Å²) in [6.07, 6.45) is 3.13. The van der Waals surface area contributed by atoms with E-state index < -0.39 is 11.6 Å². The van der Waals surface area contributed by atoms with Crippen molar-refractivity contribution in [3.8, 4) is 0 Å². The Bertz CT molecular complexity index is 458. The minimum Gasteiger partial charge on any atom is -0.383 e. The molecule has 0 aromatic carbocycles. The first-order valence-electron chi connectivity index (χ1n) is 7.80. The third kappa shape index (κ3) is 3.40. The zero-order chi connectivity index (χ0) is 16.3. The van der Waals surface area contributed by atoms with Crippen molar-refractivity contribution in [1.82, 2.24) is 15.5 Å². The quantitative estimate of drug-likeness (QED) is 0.729. The Hall–Kier alpha value is -1.63. The molecule has 0 radical (unpaired) electrons. The third-order valence-corrected chi connectivity index (χ3v) is 4.50. The fourth-order valence-corrected chi connectivity index (χ4v) is 3.17. The molecular formula is C15H25N3O4. The highest BCUT2D eigenvalue weighted by molar-refractivity contribution is 6.09. The van der Waals surface area contributed by atoms with Crippen molar-refractivity contribution < 1.29 is 19.1 Å². The molecule has 7 nitrogen and oxygen atoms in total. The van der Waals surface area contributed by atoms with Gasteiger partial charge in [-0.15, -0.1) is 0 Å². The number of imide groups is 1. The number of hydrogen-bond acceptors (Lipinski definition) is 4. The number of urea groups is 1. The van der Waals surface area contributed by atoms with Crippen LogP contribution < -0.4 is 10.6 Å². The highest BCUT2D eigenvalue weighted by Gasteiger charge is 2.52. The monoisotopic (exact) mass is 311 g/mol. The maximum atomic E-state index is 12.6. The molecule has 1 saturated carbocycles. The lowest BCUT2D eigenvalue weighted by atomic mass is 9.77. The number of nitrogens with zero attached hydrogens (tertiary/aromatic N) is 1. The van der Waals surface area contributed by atoms with Crippen LogP contribution in [-0.4, -0.2) is 54.6 Å². The maximum absolute atomic E-state index is 12.6. The van der Waals surface area contributed by atoms with Crippen LogP contribution >= 0.6 is 0 Å². The van der Waals surface area contributed by atoms with E-state index in [0.717, 1.165) is 17.7 Å². The number of hydrogen-bond donors (Lipinski definition) is 2. The van der Waals surface area contributed by atoms with Crippen molar-refractivity contribution in [3.63, 3.8) is 0 Å². The molecule has 2 rings (SSSR count). The lowest BCUT2D eigenvalue weighted by molar-refractivity contribution is -0.136. The second-order valence-corrected chi connectivity index (χ2v) is 6.51. The molecular weight excluding hydrogens is 286 g/mol. The Morgan fingerprint density at radius 1 is 1.45 bits per heavy atom. The topological polar surface area (TPSA) is 87.7 Å². The van der Waals surface area contributed by atoms with Gasteiger partial charge in [-0.1, -0.05) is 6.92 Å². The van der Waals surface area contributed by atoms with Crippen molar-refractivity contribution in [2.24, 2.45) is 5.92 Å². The van der Waals surface area contributed by atoms with Gasteiger partial charge in [0, 0.05) is 13.2 Å². The van der Waals surface area contributed by atoms with E-state index in [9.17, 15) is 14.4 Å². The number of rotatable bonds is 5. The third-order valence-electron chi connectivity index (χ3n) is 4.50. The molecule has 0 aromatic rings. The Morgan fingerprint density at radius 3 is 2.68 bits per heavy atom. The van der Waals surface area contributed by atoms with Crippen molar-refractivity contribution in [1.29, 1.82) is 0 Å². The van der Waals surface area contributed by atoms with Crippen molar-refractivity contribution in [2.45, 2.75) is 51.1 Å². The molecule has 0 aromatic heterocycles. The fraction of sp³-hybridized carbons (Fsp3) is 0.800. The molecule has 0 bridgehead atoms. The highest BCUT2D eigenvalue weighted by atomic mass is 16.5. The first-order valence-corrected chi connectivity index (χ1v) is 7.80. The molecule has 4 amide bonds. The first kappa shape index (κ1) is 16.7. The predicted molar refractivity (Wildman–Crippen MR) is 80.1 cm³/mol. The smallest absolute Gasteiger partial charge is 0.325 e. The number of methoxy groups -OCH3 is 1. The average Bonchev–Trinajstić information content (AvgIpc) is 2.67.